The summed E-state index contributed by atoms with van der Waals surface area (Å²) >= 11 is 0. The molecule has 0 fully saturated rings. The second-order valence-electron chi connectivity index (χ2n) is 5.13. The molecule has 0 heterocycles. The van der Waals surface area contributed by atoms with E-state index in [-0.39, 0.29) is 19.3 Å². The fourth-order valence-electron chi connectivity index (χ4n) is 2.55. The van der Waals surface area contributed by atoms with Crippen LogP contribution in [0, 0.1) is 5.92 Å². The van der Waals surface area contributed by atoms with E-state index in [2.05, 4.69) is 31.2 Å². The lowest BCUT2D eigenvalue weighted by Crippen LogP contribution is -2.24. The first kappa shape index (κ1) is 13.5. The quantitative estimate of drug-likeness (QED) is 0.802. The molecule has 0 aromatic heterocycles. The van der Waals surface area contributed by atoms with Crippen LogP contribution in [0.1, 0.15) is 26.2 Å². The van der Waals surface area contributed by atoms with Gasteiger partial charge in [-0.15, -0.1) is 0 Å². The maximum atomic E-state index is 9.31. The minimum atomic E-state index is -0.778. The number of ether oxygens (including phenoxy) is 1. The molecule has 0 aliphatic heterocycles. The molecule has 0 amide bonds. The molecule has 3 nitrogen and oxygen atoms in total. The van der Waals surface area contributed by atoms with Gasteiger partial charge in [-0.05, 0) is 36.3 Å². The highest BCUT2D eigenvalue weighted by molar-refractivity contribution is 5.39. The summed E-state index contributed by atoms with van der Waals surface area (Å²) in [4.78, 5) is 0. The fourth-order valence-corrected chi connectivity index (χ4v) is 2.55. The standard InChI is InChI=1S/C15H22O3/c1-11-8-14(18-10-13(17)9-16)7-6-12-4-2-3-5-15(11)12/h3,5-7,11,13-14,16-17H,2,4,8-10H2,1H3. The molecule has 2 aliphatic rings. The van der Waals surface area contributed by atoms with Gasteiger partial charge in [-0.1, -0.05) is 31.2 Å². The van der Waals surface area contributed by atoms with E-state index in [0.29, 0.717) is 5.92 Å². The van der Waals surface area contributed by atoms with Crippen molar-refractivity contribution >= 4 is 0 Å². The first-order valence-corrected chi connectivity index (χ1v) is 6.69. The van der Waals surface area contributed by atoms with Crippen LogP contribution in [0.5, 0.6) is 0 Å². The Morgan fingerprint density at radius 3 is 3.06 bits per heavy atom. The SMILES string of the molecule is CC1CC(OCC(O)CO)C=CC2=C1C=CCC2. The number of aliphatic hydroxyl groups excluding tert-OH is 2. The Hall–Kier alpha value is -0.900. The predicted octanol–water partition coefficient (Wildman–Crippen LogP) is 1.97. The highest BCUT2D eigenvalue weighted by Gasteiger charge is 2.21. The van der Waals surface area contributed by atoms with Crippen molar-refractivity contribution in [1.82, 2.24) is 0 Å². The van der Waals surface area contributed by atoms with E-state index in [4.69, 9.17) is 9.84 Å². The molecule has 18 heavy (non-hydrogen) atoms. The number of allylic oxidation sites excluding steroid dienone is 5. The summed E-state index contributed by atoms with van der Waals surface area (Å²) in [7, 11) is 0. The van der Waals surface area contributed by atoms with Gasteiger partial charge in [0.1, 0.15) is 6.10 Å². The van der Waals surface area contributed by atoms with Gasteiger partial charge in [0, 0.05) is 0 Å². The second kappa shape index (κ2) is 6.32. The molecule has 0 aromatic rings. The van der Waals surface area contributed by atoms with Crippen molar-refractivity contribution in [3.63, 3.8) is 0 Å². The van der Waals surface area contributed by atoms with E-state index >= 15 is 0 Å². The molecule has 0 saturated carbocycles. The molecule has 0 radical (unpaired) electrons. The van der Waals surface area contributed by atoms with E-state index in [1.807, 2.05) is 0 Å². The maximum Gasteiger partial charge on any atom is 0.100 e. The second-order valence-corrected chi connectivity index (χ2v) is 5.13. The molecule has 2 N–H and O–H groups in total. The maximum absolute atomic E-state index is 9.31. The van der Waals surface area contributed by atoms with Crippen LogP contribution in [0.4, 0.5) is 0 Å². The molecular formula is C15H22O3. The summed E-state index contributed by atoms with van der Waals surface area (Å²) in [6.45, 7) is 2.17. The van der Waals surface area contributed by atoms with Crippen LogP contribution in [-0.4, -0.2) is 35.6 Å². The predicted molar refractivity (Wildman–Crippen MR) is 71.2 cm³/mol. The van der Waals surface area contributed by atoms with Crippen molar-refractivity contribution in [2.24, 2.45) is 5.92 Å². The molecule has 3 heteroatoms. The molecule has 3 unspecified atom stereocenters. The molecule has 2 rings (SSSR count). The van der Waals surface area contributed by atoms with E-state index in [0.717, 1.165) is 19.3 Å². The smallest absolute Gasteiger partial charge is 0.100 e. The van der Waals surface area contributed by atoms with Crippen molar-refractivity contribution in [3.8, 4) is 0 Å². The molecule has 2 aliphatic carbocycles. The minimum Gasteiger partial charge on any atom is -0.394 e. The van der Waals surface area contributed by atoms with E-state index in [9.17, 15) is 5.11 Å². The Morgan fingerprint density at radius 1 is 1.44 bits per heavy atom. The summed E-state index contributed by atoms with van der Waals surface area (Å²) < 4.78 is 5.64. The van der Waals surface area contributed by atoms with Crippen LogP contribution in [0.2, 0.25) is 0 Å². The monoisotopic (exact) mass is 250 g/mol. The number of rotatable bonds is 4. The van der Waals surface area contributed by atoms with Crippen molar-refractivity contribution < 1.29 is 14.9 Å². The van der Waals surface area contributed by atoms with Crippen molar-refractivity contribution in [3.05, 3.63) is 35.5 Å². The Labute approximate surface area is 108 Å². The van der Waals surface area contributed by atoms with Gasteiger partial charge < -0.3 is 14.9 Å². The third-order valence-electron chi connectivity index (χ3n) is 3.59. The number of aliphatic hydroxyl groups is 2. The molecule has 0 saturated heterocycles. The number of hydrogen-bond donors (Lipinski definition) is 2. The highest BCUT2D eigenvalue weighted by Crippen LogP contribution is 2.32. The van der Waals surface area contributed by atoms with Crippen LogP contribution in [0.25, 0.3) is 0 Å². The third-order valence-corrected chi connectivity index (χ3v) is 3.59. The molecule has 3 atom stereocenters. The molecule has 0 aromatic carbocycles. The summed E-state index contributed by atoms with van der Waals surface area (Å²) in [5, 5.41) is 18.1. The van der Waals surface area contributed by atoms with Crippen molar-refractivity contribution in [2.45, 2.75) is 38.4 Å². The lowest BCUT2D eigenvalue weighted by atomic mass is 9.88. The lowest BCUT2D eigenvalue weighted by molar-refractivity contribution is -0.0180. The van der Waals surface area contributed by atoms with Gasteiger partial charge >= 0.3 is 0 Å². The topological polar surface area (TPSA) is 49.7 Å². The van der Waals surface area contributed by atoms with Crippen LogP contribution < -0.4 is 0 Å². The summed E-state index contributed by atoms with van der Waals surface area (Å²) in [5.41, 5.74) is 2.84. The van der Waals surface area contributed by atoms with Gasteiger partial charge in [0.05, 0.1) is 19.3 Å². The van der Waals surface area contributed by atoms with Gasteiger partial charge in [-0.3, -0.25) is 0 Å². The van der Waals surface area contributed by atoms with Crippen LogP contribution >= 0.6 is 0 Å². The molecule has 100 valence electrons. The normalized spacial score (nSPS) is 29.1. The van der Waals surface area contributed by atoms with Crippen molar-refractivity contribution in [1.29, 1.82) is 0 Å². The molecular weight excluding hydrogens is 228 g/mol. The van der Waals surface area contributed by atoms with E-state index in [1.54, 1.807) is 0 Å². The highest BCUT2D eigenvalue weighted by atomic mass is 16.5. The largest absolute Gasteiger partial charge is 0.394 e. The molecule has 0 spiro atoms. The first-order valence-electron chi connectivity index (χ1n) is 6.69. The van der Waals surface area contributed by atoms with Gasteiger partial charge in [-0.2, -0.15) is 0 Å². The third kappa shape index (κ3) is 3.31. The van der Waals surface area contributed by atoms with Gasteiger partial charge in [0.2, 0.25) is 0 Å². The average molecular weight is 250 g/mol. The molecule has 0 bridgehead atoms. The Kier molecular flexibility index (Phi) is 4.75. The van der Waals surface area contributed by atoms with Crippen LogP contribution in [-0.2, 0) is 4.74 Å². The Bertz CT molecular complexity index is 368. The first-order chi connectivity index (χ1) is 8.70. The fraction of sp³-hybridized carbons (Fsp3) is 0.600. The van der Waals surface area contributed by atoms with E-state index in [1.165, 1.54) is 11.1 Å². The van der Waals surface area contributed by atoms with Crippen LogP contribution in [0.3, 0.4) is 0 Å². The number of hydrogen-bond acceptors (Lipinski definition) is 3. The zero-order chi connectivity index (χ0) is 13.0. The summed E-state index contributed by atoms with van der Waals surface area (Å²) in [5.74, 6) is 0.475. The zero-order valence-electron chi connectivity index (χ0n) is 10.9. The van der Waals surface area contributed by atoms with E-state index < -0.39 is 6.10 Å². The van der Waals surface area contributed by atoms with Gasteiger partial charge in [0.15, 0.2) is 0 Å². The average Bonchev–Trinajstić information content (AvgIpc) is 2.56. The lowest BCUT2D eigenvalue weighted by Gasteiger charge is -2.20. The van der Waals surface area contributed by atoms with Gasteiger partial charge in [-0.25, -0.2) is 0 Å². The zero-order valence-corrected chi connectivity index (χ0v) is 10.9. The van der Waals surface area contributed by atoms with Crippen LogP contribution in [0.15, 0.2) is 35.5 Å². The summed E-state index contributed by atoms with van der Waals surface area (Å²) in [6, 6.07) is 0. The summed E-state index contributed by atoms with van der Waals surface area (Å²) in [6.07, 6.45) is 11.1. The Balaban J connectivity index is 1.97. The Morgan fingerprint density at radius 2 is 2.28 bits per heavy atom. The van der Waals surface area contributed by atoms with Crippen molar-refractivity contribution in [2.75, 3.05) is 13.2 Å². The van der Waals surface area contributed by atoms with Gasteiger partial charge in [0.25, 0.3) is 0 Å². The minimum absolute atomic E-state index is 0.0280.